The van der Waals surface area contributed by atoms with Gasteiger partial charge in [-0.3, -0.25) is 9.48 Å². The first-order chi connectivity index (χ1) is 11.4. The number of aromatic carboxylic acids is 1. The van der Waals surface area contributed by atoms with Crippen molar-refractivity contribution in [1.29, 1.82) is 0 Å². The van der Waals surface area contributed by atoms with Crippen LogP contribution in [0.5, 0.6) is 0 Å². The molecule has 0 spiro atoms. The predicted octanol–water partition coefficient (Wildman–Crippen LogP) is 3.45. The van der Waals surface area contributed by atoms with Crippen LogP contribution in [0, 0.1) is 0 Å². The molecule has 8 heteroatoms. The number of rotatable bonds is 5. The quantitative estimate of drug-likeness (QED) is 0.727. The highest BCUT2D eigenvalue weighted by Crippen LogP contribution is 2.31. The molecule has 0 saturated heterocycles. The minimum absolute atomic E-state index is 0.156. The maximum atomic E-state index is 12.4. The van der Waals surface area contributed by atoms with Gasteiger partial charge in [-0.05, 0) is 24.1 Å². The monoisotopic (exact) mass is 363 g/mol. The van der Waals surface area contributed by atoms with Crippen LogP contribution in [-0.2, 0) is 13.6 Å². The maximum absolute atomic E-state index is 12.4. The molecular weight excluding hydrogens is 346 g/mol. The van der Waals surface area contributed by atoms with Gasteiger partial charge in [0, 0.05) is 17.3 Å². The summed E-state index contributed by atoms with van der Waals surface area (Å²) >= 11 is 2.58. The zero-order valence-electron chi connectivity index (χ0n) is 13.5. The Morgan fingerprint density at radius 3 is 2.67 bits per heavy atom. The van der Waals surface area contributed by atoms with Crippen LogP contribution in [0.15, 0.2) is 18.2 Å². The van der Waals surface area contributed by atoms with Crippen LogP contribution in [0.3, 0.4) is 0 Å². The van der Waals surface area contributed by atoms with Crippen molar-refractivity contribution in [2.45, 2.75) is 26.3 Å². The lowest BCUT2D eigenvalue weighted by atomic mass is 10.1. The molecule has 0 fully saturated rings. The average Bonchev–Trinajstić information content (AvgIpc) is 3.21. The average molecular weight is 363 g/mol. The molecule has 0 aliphatic rings. The highest BCUT2D eigenvalue weighted by atomic mass is 32.1. The van der Waals surface area contributed by atoms with E-state index in [-0.39, 0.29) is 10.8 Å². The van der Waals surface area contributed by atoms with Crippen LogP contribution in [0.2, 0.25) is 0 Å². The van der Waals surface area contributed by atoms with Crippen LogP contribution in [0.25, 0.3) is 10.2 Å². The molecule has 1 amide bonds. The minimum atomic E-state index is -0.948. The van der Waals surface area contributed by atoms with Gasteiger partial charge in [0.25, 0.3) is 5.91 Å². The zero-order chi connectivity index (χ0) is 17.4. The zero-order valence-corrected chi connectivity index (χ0v) is 15.1. The fourth-order valence-corrected chi connectivity index (χ4v) is 4.23. The van der Waals surface area contributed by atoms with Crippen molar-refractivity contribution in [3.05, 3.63) is 38.5 Å². The number of nitrogens with zero attached hydrogens (tertiary/aromatic N) is 2. The molecule has 126 valence electrons. The standard InChI is InChI=1S/C16H17N3O3S2/c1-8(2)13-10-6-12(24-15(10)19(3)18-13)14(20)17-7-9-4-5-11(23-9)16(21)22/h4-6,8H,7H2,1-3H3,(H,17,20)(H,21,22). The summed E-state index contributed by atoms with van der Waals surface area (Å²) in [5.74, 6) is -0.813. The third kappa shape index (κ3) is 3.07. The molecule has 3 heterocycles. The van der Waals surface area contributed by atoms with E-state index in [0.29, 0.717) is 17.3 Å². The third-order valence-electron chi connectivity index (χ3n) is 3.61. The summed E-state index contributed by atoms with van der Waals surface area (Å²) in [4.78, 5) is 26.0. The van der Waals surface area contributed by atoms with E-state index in [4.69, 9.17) is 5.11 Å². The van der Waals surface area contributed by atoms with Crippen LogP contribution in [0.4, 0.5) is 0 Å². The van der Waals surface area contributed by atoms with Crippen LogP contribution < -0.4 is 5.32 Å². The second-order valence-electron chi connectivity index (χ2n) is 5.75. The van der Waals surface area contributed by atoms with Gasteiger partial charge in [0.1, 0.15) is 9.71 Å². The summed E-state index contributed by atoms with van der Waals surface area (Å²) in [5, 5.41) is 17.3. The van der Waals surface area contributed by atoms with E-state index in [9.17, 15) is 9.59 Å². The van der Waals surface area contributed by atoms with Crippen molar-refractivity contribution < 1.29 is 14.7 Å². The SMILES string of the molecule is CC(C)c1nn(C)c2sc(C(=O)NCc3ccc(C(=O)O)s3)cc12. The van der Waals surface area contributed by atoms with E-state index in [1.807, 2.05) is 17.8 Å². The summed E-state index contributed by atoms with van der Waals surface area (Å²) < 4.78 is 1.81. The Morgan fingerprint density at radius 1 is 1.29 bits per heavy atom. The molecule has 0 atom stereocenters. The molecule has 3 rings (SSSR count). The number of carboxylic acid groups (broad SMARTS) is 1. The lowest BCUT2D eigenvalue weighted by molar-refractivity contribution is 0.0702. The Balaban J connectivity index is 1.76. The first kappa shape index (κ1) is 16.7. The summed E-state index contributed by atoms with van der Waals surface area (Å²) in [6.45, 7) is 4.48. The van der Waals surface area contributed by atoms with Crippen molar-refractivity contribution in [2.75, 3.05) is 0 Å². The fraction of sp³-hybridized carbons (Fsp3) is 0.312. The number of carbonyl (C=O) groups excluding carboxylic acids is 1. The van der Waals surface area contributed by atoms with Gasteiger partial charge in [0.15, 0.2) is 0 Å². The van der Waals surface area contributed by atoms with Crippen LogP contribution in [-0.4, -0.2) is 26.8 Å². The molecule has 0 radical (unpaired) electrons. The first-order valence-electron chi connectivity index (χ1n) is 7.43. The minimum Gasteiger partial charge on any atom is -0.477 e. The predicted molar refractivity (Wildman–Crippen MR) is 95.1 cm³/mol. The molecule has 0 unspecified atom stereocenters. The van der Waals surface area contributed by atoms with Gasteiger partial charge in [0.05, 0.1) is 17.1 Å². The molecule has 0 saturated carbocycles. The number of amides is 1. The number of hydrogen-bond donors (Lipinski definition) is 2. The number of hydrogen-bond acceptors (Lipinski definition) is 5. The summed E-state index contributed by atoms with van der Waals surface area (Å²) in [7, 11) is 1.88. The first-order valence-corrected chi connectivity index (χ1v) is 9.06. The summed E-state index contributed by atoms with van der Waals surface area (Å²) in [6.07, 6.45) is 0. The molecule has 24 heavy (non-hydrogen) atoms. The molecule has 3 aromatic rings. The van der Waals surface area contributed by atoms with Crippen LogP contribution in [0.1, 0.15) is 49.7 Å². The Hall–Kier alpha value is -2.19. The number of aryl methyl sites for hydroxylation is 1. The maximum Gasteiger partial charge on any atom is 0.345 e. The van der Waals surface area contributed by atoms with E-state index in [2.05, 4.69) is 24.3 Å². The second kappa shape index (κ2) is 6.37. The number of fused-ring (bicyclic) bond motifs is 1. The second-order valence-corrected chi connectivity index (χ2v) is 7.95. The molecule has 0 aromatic carbocycles. The van der Waals surface area contributed by atoms with Gasteiger partial charge in [-0.25, -0.2) is 4.79 Å². The number of aromatic nitrogens is 2. The molecular formula is C16H17N3O3S2. The van der Waals surface area contributed by atoms with Crippen molar-refractivity contribution in [3.63, 3.8) is 0 Å². The number of nitrogens with one attached hydrogen (secondary N) is 1. The number of thiophene rings is 2. The Bertz CT molecular complexity index is 920. The molecule has 0 aliphatic carbocycles. The summed E-state index contributed by atoms with van der Waals surface area (Å²) in [6, 6.07) is 5.16. The van der Waals surface area contributed by atoms with Gasteiger partial charge in [-0.2, -0.15) is 5.10 Å². The highest BCUT2D eigenvalue weighted by Gasteiger charge is 2.18. The van der Waals surface area contributed by atoms with Crippen molar-refractivity contribution in [2.24, 2.45) is 7.05 Å². The topological polar surface area (TPSA) is 84.2 Å². The van der Waals surface area contributed by atoms with E-state index in [1.165, 1.54) is 22.7 Å². The Morgan fingerprint density at radius 2 is 2.04 bits per heavy atom. The van der Waals surface area contributed by atoms with Gasteiger partial charge >= 0.3 is 5.97 Å². The fourth-order valence-electron chi connectivity index (χ4n) is 2.45. The van der Waals surface area contributed by atoms with Crippen molar-refractivity contribution in [3.8, 4) is 0 Å². The Kier molecular flexibility index (Phi) is 4.42. The summed E-state index contributed by atoms with van der Waals surface area (Å²) in [5.41, 5.74) is 0.993. The van der Waals surface area contributed by atoms with Crippen LogP contribution >= 0.6 is 22.7 Å². The lowest BCUT2D eigenvalue weighted by Gasteiger charge is -2.01. The van der Waals surface area contributed by atoms with Gasteiger partial charge in [-0.15, -0.1) is 22.7 Å². The highest BCUT2D eigenvalue weighted by molar-refractivity contribution is 7.20. The third-order valence-corrected chi connectivity index (χ3v) is 5.88. The molecule has 6 nitrogen and oxygen atoms in total. The number of carbonyl (C=O) groups is 2. The molecule has 2 N–H and O–H groups in total. The Labute approximate surface area is 146 Å². The van der Waals surface area contributed by atoms with Gasteiger partial charge in [0.2, 0.25) is 0 Å². The molecule has 0 bridgehead atoms. The lowest BCUT2D eigenvalue weighted by Crippen LogP contribution is -2.21. The molecule has 3 aromatic heterocycles. The normalized spacial score (nSPS) is 11.3. The van der Waals surface area contributed by atoms with E-state index < -0.39 is 5.97 Å². The van der Waals surface area contributed by atoms with E-state index >= 15 is 0 Å². The number of carboxylic acids is 1. The van der Waals surface area contributed by atoms with E-state index in [1.54, 1.807) is 12.1 Å². The van der Waals surface area contributed by atoms with Crippen molar-refractivity contribution >= 4 is 44.8 Å². The van der Waals surface area contributed by atoms with Gasteiger partial charge in [-0.1, -0.05) is 13.8 Å². The largest absolute Gasteiger partial charge is 0.477 e. The van der Waals surface area contributed by atoms with E-state index in [0.717, 1.165) is 20.8 Å². The smallest absolute Gasteiger partial charge is 0.345 e. The van der Waals surface area contributed by atoms with Crippen molar-refractivity contribution in [1.82, 2.24) is 15.1 Å². The molecule has 0 aliphatic heterocycles. The van der Waals surface area contributed by atoms with Gasteiger partial charge < -0.3 is 10.4 Å².